The first kappa shape index (κ1) is 19.5. The molecule has 1 aliphatic rings. The topological polar surface area (TPSA) is 68.6 Å². The van der Waals surface area contributed by atoms with E-state index in [9.17, 15) is 9.90 Å². The van der Waals surface area contributed by atoms with Crippen LogP contribution >= 0.6 is 0 Å². The Morgan fingerprint density at radius 2 is 1.76 bits per heavy atom. The summed E-state index contributed by atoms with van der Waals surface area (Å²) in [5, 5.41) is 10.9. The van der Waals surface area contributed by atoms with Crippen molar-refractivity contribution in [3.8, 4) is 17.2 Å². The smallest absolute Gasteiger partial charge is 0.235 e. The number of likely N-dealkylation sites (N-methyl/N-ethyl adjacent to an activating group) is 1. The average molecular weight is 396 g/mol. The molecule has 6 heteroatoms. The number of hydrogen-bond acceptors (Lipinski definition) is 4. The lowest BCUT2D eigenvalue weighted by molar-refractivity contribution is -1.01. The Labute approximate surface area is 169 Å². The molecule has 0 radical (unpaired) electrons. The zero-order valence-corrected chi connectivity index (χ0v) is 17.2. The lowest BCUT2D eigenvalue weighted by atomic mass is 10.1. The Balaban J connectivity index is 1.68. The van der Waals surface area contributed by atoms with Crippen LogP contribution in [0.2, 0.25) is 0 Å². The third kappa shape index (κ3) is 4.13. The van der Waals surface area contributed by atoms with Crippen molar-refractivity contribution in [1.29, 1.82) is 0 Å². The van der Waals surface area contributed by atoms with Crippen LogP contribution in [0, 0.1) is 13.8 Å². The maximum Gasteiger partial charge on any atom is 0.235 e. The summed E-state index contributed by atoms with van der Waals surface area (Å²) in [6.45, 7) is 8.85. The molecule has 152 valence electrons. The Bertz CT molecular complexity index is 1080. The van der Waals surface area contributed by atoms with Gasteiger partial charge in [-0.3, -0.25) is 4.79 Å². The molecule has 1 aliphatic heterocycles. The van der Waals surface area contributed by atoms with E-state index in [1.165, 1.54) is 16.1 Å². The third-order valence-corrected chi connectivity index (χ3v) is 5.65. The fraction of sp³-hybridized carbons (Fsp3) is 0.348. The second kappa shape index (κ2) is 7.89. The van der Waals surface area contributed by atoms with E-state index >= 15 is 0 Å². The first-order valence-corrected chi connectivity index (χ1v) is 10.1. The Hall–Kier alpha value is -2.83. The van der Waals surface area contributed by atoms with Crippen molar-refractivity contribution < 1.29 is 24.1 Å². The first-order chi connectivity index (χ1) is 13.9. The van der Waals surface area contributed by atoms with Crippen LogP contribution in [0.1, 0.15) is 16.7 Å². The quantitative estimate of drug-likeness (QED) is 0.611. The molecule has 3 aromatic rings. The number of nitrogens with one attached hydrogen (secondary N) is 2. The first-order valence-electron chi connectivity index (χ1n) is 10.1. The highest BCUT2D eigenvalue weighted by Crippen LogP contribution is 2.28. The Morgan fingerprint density at radius 1 is 1.07 bits per heavy atom. The number of fused-ring (bicyclic) bond motifs is 1. The lowest BCUT2D eigenvalue weighted by Gasteiger charge is -2.27. The molecular weight excluding hydrogens is 368 g/mol. The van der Waals surface area contributed by atoms with E-state index in [4.69, 9.17) is 9.15 Å². The monoisotopic (exact) mass is 396 g/mol. The van der Waals surface area contributed by atoms with E-state index in [1.54, 1.807) is 12.1 Å². The molecule has 1 saturated heterocycles. The summed E-state index contributed by atoms with van der Waals surface area (Å²) in [6.07, 6.45) is 1.36. The molecule has 2 heterocycles. The minimum Gasteiger partial charge on any atom is -0.507 e. The average Bonchev–Trinajstić information content (AvgIpc) is 2.67. The van der Waals surface area contributed by atoms with E-state index in [2.05, 4.69) is 7.05 Å². The maximum atomic E-state index is 13.0. The second-order valence-electron chi connectivity index (χ2n) is 8.18. The van der Waals surface area contributed by atoms with Gasteiger partial charge in [0.05, 0.1) is 18.0 Å². The summed E-state index contributed by atoms with van der Waals surface area (Å²) in [7, 11) is 2.20. The van der Waals surface area contributed by atoms with Gasteiger partial charge in [0.15, 0.2) is 5.58 Å². The Morgan fingerprint density at radius 3 is 2.45 bits per heavy atom. The van der Waals surface area contributed by atoms with Crippen LogP contribution in [0.4, 0.5) is 0 Å². The van der Waals surface area contributed by atoms with Gasteiger partial charge < -0.3 is 24.1 Å². The third-order valence-electron chi connectivity index (χ3n) is 5.65. The van der Waals surface area contributed by atoms with Gasteiger partial charge in [-0.1, -0.05) is 6.07 Å². The van der Waals surface area contributed by atoms with Gasteiger partial charge in [-0.25, -0.2) is 0 Å². The number of rotatable bonds is 4. The summed E-state index contributed by atoms with van der Waals surface area (Å²) >= 11 is 0. The molecule has 0 amide bonds. The van der Waals surface area contributed by atoms with E-state index in [-0.39, 0.29) is 16.9 Å². The molecule has 29 heavy (non-hydrogen) atoms. The highest BCUT2D eigenvalue weighted by Gasteiger charge is 2.24. The molecule has 3 N–H and O–H groups in total. The lowest BCUT2D eigenvalue weighted by Crippen LogP contribution is -3.26. The van der Waals surface area contributed by atoms with E-state index in [1.807, 2.05) is 32.0 Å². The van der Waals surface area contributed by atoms with Crippen molar-refractivity contribution in [2.75, 3.05) is 33.2 Å². The molecule has 1 aromatic heterocycles. The zero-order valence-electron chi connectivity index (χ0n) is 17.2. The van der Waals surface area contributed by atoms with Gasteiger partial charge in [0.2, 0.25) is 11.2 Å². The van der Waals surface area contributed by atoms with E-state index < -0.39 is 0 Å². The molecule has 0 bridgehead atoms. The molecule has 6 nitrogen and oxygen atoms in total. The normalized spacial score (nSPS) is 19.4. The summed E-state index contributed by atoms with van der Waals surface area (Å²) in [4.78, 5) is 15.9. The van der Waals surface area contributed by atoms with Crippen LogP contribution in [0.25, 0.3) is 11.0 Å². The molecule has 0 spiro atoms. The molecule has 0 aliphatic carbocycles. The zero-order chi connectivity index (χ0) is 20.5. The van der Waals surface area contributed by atoms with Gasteiger partial charge in [0.1, 0.15) is 50.5 Å². The van der Waals surface area contributed by atoms with Gasteiger partial charge in [0, 0.05) is 0 Å². The molecule has 1 fully saturated rings. The minimum atomic E-state index is -0.232. The molecular formula is C23H28N2O4+2. The summed E-state index contributed by atoms with van der Waals surface area (Å²) in [5.74, 6) is 0.926. The number of aryl methyl sites for hydroxylation is 2. The van der Waals surface area contributed by atoms with Crippen molar-refractivity contribution >= 4 is 11.0 Å². The standard InChI is InChI=1S/C23H26N2O4/c1-15-10-16(2)12-17(11-15)29-21-14-28-23-18(22(21)27)4-5-20(26)19(23)13-25-8-6-24(3)7-9-25/h4-5,10-12,14,26H,6-9,13H2,1-3H3/p+2. The number of aromatic hydroxyl groups is 1. The maximum absolute atomic E-state index is 13.0. The van der Waals surface area contributed by atoms with E-state index in [0.717, 1.165) is 37.3 Å². The number of ether oxygens (including phenoxy) is 1. The summed E-state index contributed by atoms with van der Waals surface area (Å²) in [5.41, 5.74) is 3.03. The van der Waals surface area contributed by atoms with Gasteiger partial charge >= 0.3 is 0 Å². The molecule has 0 atom stereocenters. The van der Waals surface area contributed by atoms with Gasteiger partial charge in [0.25, 0.3) is 0 Å². The van der Waals surface area contributed by atoms with Crippen LogP contribution in [0.5, 0.6) is 17.2 Å². The van der Waals surface area contributed by atoms with Crippen LogP contribution in [-0.4, -0.2) is 38.3 Å². The predicted molar refractivity (Wildman–Crippen MR) is 111 cm³/mol. The molecule has 0 unspecified atom stereocenters. The minimum absolute atomic E-state index is 0.148. The second-order valence-corrected chi connectivity index (χ2v) is 8.18. The largest absolute Gasteiger partial charge is 0.507 e. The molecule has 2 aromatic carbocycles. The number of phenolic OH excluding ortho intramolecular Hbond substituents is 1. The van der Waals surface area contributed by atoms with Crippen molar-refractivity contribution in [3.63, 3.8) is 0 Å². The van der Waals surface area contributed by atoms with Gasteiger partial charge in [-0.05, 0) is 49.2 Å². The van der Waals surface area contributed by atoms with Crippen LogP contribution in [0.3, 0.4) is 0 Å². The Kier molecular flexibility index (Phi) is 5.30. The van der Waals surface area contributed by atoms with Crippen LogP contribution in [-0.2, 0) is 6.54 Å². The number of quaternary nitrogens is 2. The predicted octanol–water partition coefficient (Wildman–Crippen LogP) is 0.821. The van der Waals surface area contributed by atoms with Crippen molar-refractivity contribution in [3.05, 3.63) is 63.5 Å². The van der Waals surface area contributed by atoms with Gasteiger partial charge in [-0.15, -0.1) is 0 Å². The fourth-order valence-electron chi connectivity index (χ4n) is 4.05. The number of phenols is 1. The van der Waals surface area contributed by atoms with Crippen molar-refractivity contribution in [1.82, 2.24) is 0 Å². The van der Waals surface area contributed by atoms with E-state index in [0.29, 0.717) is 28.8 Å². The molecule has 0 saturated carbocycles. The number of piperazine rings is 1. The van der Waals surface area contributed by atoms with Gasteiger partial charge in [-0.2, -0.15) is 0 Å². The number of hydrogen-bond donors (Lipinski definition) is 3. The van der Waals surface area contributed by atoms with Crippen LogP contribution in [0.15, 0.2) is 45.8 Å². The summed E-state index contributed by atoms with van der Waals surface area (Å²) in [6, 6.07) is 9.01. The fourth-order valence-corrected chi connectivity index (χ4v) is 4.05. The highest BCUT2D eigenvalue weighted by atomic mass is 16.5. The van der Waals surface area contributed by atoms with Crippen molar-refractivity contribution in [2.24, 2.45) is 0 Å². The molecule has 4 rings (SSSR count). The van der Waals surface area contributed by atoms with Crippen molar-refractivity contribution in [2.45, 2.75) is 20.4 Å². The number of benzene rings is 2. The van der Waals surface area contributed by atoms with Crippen LogP contribution < -0.4 is 20.0 Å². The summed E-state index contributed by atoms with van der Waals surface area (Å²) < 4.78 is 11.7. The highest BCUT2D eigenvalue weighted by molar-refractivity contribution is 5.82. The SMILES string of the molecule is Cc1cc(C)cc(Oc2coc3c(C[NH+]4CC[NH+](C)CC4)c(O)ccc3c2=O)c1.